The van der Waals surface area contributed by atoms with Crippen molar-refractivity contribution in [3.8, 4) is 0 Å². The van der Waals surface area contributed by atoms with Gasteiger partial charge < -0.3 is 15.5 Å². The molecule has 0 radical (unpaired) electrons. The Morgan fingerprint density at radius 2 is 2.06 bits per heavy atom. The molecule has 0 aliphatic heterocycles. The third-order valence-electron chi connectivity index (χ3n) is 4.95. The number of aromatic amines is 1. The van der Waals surface area contributed by atoms with E-state index in [0.29, 0.717) is 47.8 Å². The summed E-state index contributed by atoms with van der Waals surface area (Å²) in [4.78, 5) is 20.3. The Labute approximate surface area is 181 Å². The maximum Gasteiger partial charge on any atom is 0.251 e. The van der Waals surface area contributed by atoms with Crippen molar-refractivity contribution in [2.75, 3.05) is 5.73 Å². The highest BCUT2D eigenvalue weighted by atomic mass is 16.3. The van der Waals surface area contributed by atoms with Gasteiger partial charge in [-0.2, -0.15) is 5.10 Å². The second kappa shape index (κ2) is 8.30. The number of oxazole rings is 1. The van der Waals surface area contributed by atoms with Crippen LogP contribution in [0.1, 0.15) is 32.8 Å². The number of nitrogens with one attached hydrogen (secondary N) is 2. The first-order chi connectivity index (χ1) is 15.6. The van der Waals surface area contributed by atoms with E-state index >= 15 is 0 Å². The average Bonchev–Trinajstić information content (AvgIpc) is 3.55. The third kappa shape index (κ3) is 4.17. The summed E-state index contributed by atoms with van der Waals surface area (Å²) in [5.74, 6) is 0.837. The molecule has 0 fully saturated rings. The van der Waals surface area contributed by atoms with Crippen molar-refractivity contribution in [2.24, 2.45) is 0 Å². The standard InChI is InChI=1S/C21H19N9O2/c22-18-6-16(19-20(26-18)28-29-27-19)5-14-7-25-30(11-14)10-13-1-3-15(4-2-13)21(31)24-9-17-8-23-12-32-17/h1-4,6-8,11-12H,5,9-10H2,(H,24,31)(H3,22,26,27,28,29). The van der Waals surface area contributed by atoms with Crippen LogP contribution in [0.5, 0.6) is 0 Å². The molecule has 0 aliphatic rings. The van der Waals surface area contributed by atoms with Gasteiger partial charge in [0.2, 0.25) is 0 Å². The molecule has 0 saturated heterocycles. The Morgan fingerprint density at radius 3 is 2.88 bits per heavy atom. The molecule has 32 heavy (non-hydrogen) atoms. The number of aromatic nitrogens is 7. The van der Waals surface area contributed by atoms with Gasteiger partial charge >= 0.3 is 0 Å². The van der Waals surface area contributed by atoms with Crippen LogP contribution in [0.2, 0.25) is 0 Å². The quantitative estimate of drug-likeness (QED) is 0.353. The zero-order chi connectivity index (χ0) is 21.9. The normalized spacial score (nSPS) is 11.1. The summed E-state index contributed by atoms with van der Waals surface area (Å²) in [5.41, 5.74) is 10.7. The van der Waals surface area contributed by atoms with Crippen LogP contribution in [-0.4, -0.2) is 41.1 Å². The number of nitrogens with zero attached hydrogens (tertiary/aromatic N) is 6. The number of hydrogen-bond donors (Lipinski definition) is 3. The predicted molar refractivity (Wildman–Crippen MR) is 114 cm³/mol. The molecule has 11 nitrogen and oxygen atoms in total. The Balaban J connectivity index is 1.22. The van der Waals surface area contributed by atoms with Crippen molar-refractivity contribution in [3.05, 3.63) is 83.3 Å². The molecule has 11 heteroatoms. The van der Waals surface area contributed by atoms with Gasteiger partial charge in [-0.15, -0.1) is 5.10 Å². The molecule has 0 spiro atoms. The Bertz CT molecular complexity index is 1350. The molecule has 160 valence electrons. The van der Waals surface area contributed by atoms with E-state index in [4.69, 9.17) is 10.2 Å². The summed E-state index contributed by atoms with van der Waals surface area (Å²) in [6.45, 7) is 0.873. The van der Waals surface area contributed by atoms with Crippen molar-refractivity contribution in [2.45, 2.75) is 19.5 Å². The van der Waals surface area contributed by atoms with E-state index in [1.807, 2.05) is 29.2 Å². The number of pyridine rings is 1. The van der Waals surface area contributed by atoms with Crippen molar-refractivity contribution in [3.63, 3.8) is 0 Å². The number of benzene rings is 1. The summed E-state index contributed by atoms with van der Waals surface area (Å²) in [7, 11) is 0. The van der Waals surface area contributed by atoms with E-state index in [2.05, 4.69) is 35.8 Å². The number of hydrogen-bond acceptors (Lipinski definition) is 8. The fourth-order valence-electron chi connectivity index (χ4n) is 3.41. The summed E-state index contributed by atoms with van der Waals surface area (Å²) in [5, 5.41) is 17.9. The molecular formula is C21H19N9O2. The van der Waals surface area contributed by atoms with Crippen LogP contribution in [0, 0.1) is 0 Å². The van der Waals surface area contributed by atoms with Crippen LogP contribution in [0.15, 0.2) is 59.7 Å². The highest BCUT2D eigenvalue weighted by molar-refractivity contribution is 5.94. The van der Waals surface area contributed by atoms with Gasteiger partial charge in [0.25, 0.3) is 5.91 Å². The summed E-state index contributed by atoms with van der Waals surface area (Å²) in [6.07, 6.45) is 7.30. The topological polar surface area (TPSA) is 153 Å². The van der Waals surface area contributed by atoms with E-state index in [0.717, 1.165) is 16.7 Å². The first-order valence-electron chi connectivity index (χ1n) is 9.86. The Kier molecular flexibility index (Phi) is 5.04. The molecule has 0 aliphatic carbocycles. The van der Waals surface area contributed by atoms with E-state index < -0.39 is 0 Å². The van der Waals surface area contributed by atoms with Gasteiger partial charge in [-0.25, -0.2) is 15.1 Å². The monoisotopic (exact) mass is 429 g/mol. The molecule has 5 aromatic rings. The first kappa shape index (κ1) is 19.4. The lowest BCUT2D eigenvalue weighted by Gasteiger charge is -2.06. The zero-order valence-electron chi connectivity index (χ0n) is 16.9. The second-order valence-electron chi connectivity index (χ2n) is 7.29. The molecule has 0 bridgehead atoms. The number of H-pyrrole nitrogens is 1. The maximum atomic E-state index is 12.3. The second-order valence-corrected chi connectivity index (χ2v) is 7.29. The van der Waals surface area contributed by atoms with E-state index in [1.54, 1.807) is 24.4 Å². The summed E-state index contributed by atoms with van der Waals surface area (Å²) >= 11 is 0. The minimum absolute atomic E-state index is 0.176. The highest BCUT2D eigenvalue weighted by Gasteiger charge is 2.11. The van der Waals surface area contributed by atoms with Crippen molar-refractivity contribution >= 4 is 22.9 Å². The average molecular weight is 429 g/mol. The molecule has 0 saturated carbocycles. The number of nitrogens with two attached hydrogens (primary N) is 1. The van der Waals surface area contributed by atoms with Gasteiger partial charge in [-0.05, 0) is 34.9 Å². The molecule has 0 atom stereocenters. The third-order valence-corrected chi connectivity index (χ3v) is 4.95. The number of amides is 1. The van der Waals surface area contributed by atoms with Crippen LogP contribution in [-0.2, 0) is 19.5 Å². The Hall–Kier alpha value is -4.54. The molecule has 1 amide bonds. The lowest BCUT2D eigenvalue weighted by molar-refractivity contribution is 0.0948. The number of rotatable bonds is 7. The van der Waals surface area contributed by atoms with Gasteiger partial charge in [-0.3, -0.25) is 9.48 Å². The van der Waals surface area contributed by atoms with Gasteiger partial charge in [0.1, 0.15) is 17.1 Å². The van der Waals surface area contributed by atoms with Crippen LogP contribution >= 0.6 is 0 Å². The molecule has 4 N–H and O–H groups in total. The largest absolute Gasteiger partial charge is 0.447 e. The van der Waals surface area contributed by atoms with Crippen LogP contribution in [0.25, 0.3) is 11.2 Å². The Morgan fingerprint density at radius 1 is 1.19 bits per heavy atom. The van der Waals surface area contributed by atoms with Crippen molar-refractivity contribution in [1.82, 2.24) is 40.5 Å². The van der Waals surface area contributed by atoms with E-state index in [-0.39, 0.29) is 5.91 Å². The van der Waals surface area contributed by atoms with Gasteiger partial charge in [-0.1, -0.05) is 17.3 Å². The number of nitrogen functional groups attached to an aromatic ring is 1. The fraction of sp³-hybridized carbons (Fsp3) is 0.143. The number of carbonyl (C=O) groups excluding carboxylic acids is 1. The first-order valence-corrected chi connectivity index (χ1v) is 9.86. The predicted octanol–water partition coefficient (Wildman–Crippen LogP) is 1.69. The molecule has 5 rings (SSSR count). The van der Waals surface area contributed by atoms with Crippen LogP contribution in [0.3, 0.4) is 0 Å². The number of fused-ring (bicyclic) bond motifs is 1. The van der Waals surface area contributed by atoms with Crippen molar-refractivity contribution < 1.29 is 9.21 Å². The summed E-state index contributed by atoms with van der Waals surface area (Å²) in [6, 6.07) is 9.20. The minimum Gasteiger partial charge on any atom is -0.447 e. The SMILES string of the molecule is Nc1cc(Cc2cnn(Cc3ccc(C(=O)NCc4cnco4)cc3)c2)c2nn[nH]c2n1. The van der Waals surface area contributed by atoms with Gasteiger partial charge in [0, 0.05) is 18.2 Å². The smallest absolute Gasteiger partial charge is 0.251 e. The molecule has 4 aromatic heterocycles. The molecule has 4 heterocycles. The van der Waals surface area contributed by atoms with Crippen molar-refractivity contribution in [1.29, 1.82) is 0 Å². The zero-order valence-corrected chi connectivity index (χ0v) is 16.9. The highest BCUT2D eigenvalue weighted by Crippen LogP contribution is 2.19. The minimum atomic E-state index is -0.176. The fourth-order valence-corrected chi connectivity index (χ4v) is 3.41. The van der Waals surface area contributed by atoms with Gasteiger partial charge in [0.05, 0.1) is 25.5 Å². The van der Waals surface area contributed by atoms with Crippen LogP contribution < -0.4 is 11.1 Å². The number of carbonyl (C=O) groups is 1. The van der Waals surface area contributed by atoms with Gasteiger partial charge in [0.15, 0.2) is 12.0 Å². The molecule has 1 aromatic carbocycles. The van der Waals surface area contributed by atoms with E-state index in [1.165, 1.54) is 6.39 Å². The van der Waals surface area contributed by atoms with Crippen LogP contribution in [0.4, 0.5) is 5.82 Å². The lowest BCUT2D eigenvalue weighted by Crippen LogP contribution is -2.22. The maximum absolute atomic E-state index is 12.3. The molecular weight excluding hydrogens is 410 g/mol. The number of anilines is 1. The van der Waals surface area contributed by atoms with E-state index in [9.17, 15) is 4.79 Å². The summed E-state index contributed by atoms with van der Waals surface area (Å²) < 4.78 is 6.96. The molecule has 0 unspecified atom stereocenters. The lowest BCUT2D eigenvalue weighted by atomic mass is 10.1.